The number of fused-ring (bicyclic) bond motifs is 1. The summed E-state index contributed by atoms with van der Waals surface area (Å²) in [7, 11) is 1.32. The van der Waals surface area contributed by atoms with E-state index in [1.54, 1.807) is 25.1 Å². The van der Waals surface area contributed by atoms with Crippen LogP contribution in [0.25, 0.3) is 11.0 Å². The van der Waals surface area contributed by atoms with E-state index < -0.39 is 11.6 Å². The van der Waals surface area contributed by atoms with Gasteiger partial charge in [0.05, 0.1) is 12.7 Å². The molecule has 0 radical (unpaired) electrons. The molecule has 0 unspecified atom stereocenters. The minimum atomic E-state index is -0.533. The number of aryl methyl sites for hydroxylation is 2. The lowest BCUT2D eigenvalue weighted by molar-refractivity contribution is -0.140. The number of hydrogen-bond acceptors (Lipinski definition) is 6. The van der Waals surface area contributed by atoms with Crippen LogP contribution in [0.3, 0.4) is 0 Å². The summed E-state index contributed by atoms with van der Waals surface area (Å²) in [5.74, 6) is -0.657. The largest absolute Gasteiger partial charge is 0.469 e. The smallest absolute Gasteiger partial charge is 0.343 e. The van der Waals surface area contributed by atoms with E-state index in [1.165, 1.54) is 19.2 Å². The normalized spacial score (nSPS) is 11.4. The van der Waals surface area contributed by atoms with Crippen molar-refractivity contribution in [1.82, 2.24) is 0 Å². The molecule has 0 aliphatic carbocycles. The molecule has 0 fully saturated rings. The van der Waals surface area contributed by atoms with Crippen LogP contribution in [-0.4, -0.2) is 19.0 Å². The maximum absolute atomic E-state index is 12.8. The Hall–Kier alpha value is -3.41. The molecule has 0 aliphatic rings. The molecule has 0 bridgehead atoms. The number of esters is 2. The molecule has 0 atom stereocenters. The van der Waals surface area contributed by atoms with E-state index in [2.05, 4.69) is 20.8 Å². The topological polar surface area (TPSA) is 82.8 Å². The zero-order valence-corrected chi connectivity index (χ0v) is 18.4. The summed E-state index contributed by atoms with van der Waals surface area (Å²) in [5, 5.41) is 0.716. The van der Waals surface area contributed by atoms with Crippen LogP contribution in [0.4, 0.5) is 0 Å². The predicted molar refractivity (Wildman–Crippen MR) is 118 cm³/mol. The van der Waals surface area contributed by atoms with Crippen molar-refractivity contribution in [3.63, 3.8) is 0 Å². The molecule has 0 amide bonds. The third-order valence-electron chi connectivity index (χ3n) is 5.15. The third kappa shape index (κ3) is 5.20. The number of carbonyl (C=O) groups excluding carboxylic acids is 2. The van der Waals surface area contributed by atoms with Gasteiger partial charge in [-0.25, -0.2) is 9.59 Å². The summed E-state index contributed by atoms with van der Waals surface area (Å²) in [4.78, 5) is 36.2. The van der Waals surface area contributed by atoms with Gasteiger partial charge in [-0.15, -0.1) is 0 Å². The minimum absolute atomic E-state index is 0.0305. The SMILES string of the molecule is COC(=O)CCc1cc2c(C)cc(=O)oc2cc1OC(=O)c1ccc(C(C)(C)C)cc1. The van der Waals surface area contributed by atoms with Crippen molar-refractivity contribution in [3.8, 4) is 5.75 Å². The Labute approximate surface area is 180 Å². The summed E-state index contributed by atoms with van der Waals surface area (Å²) >= 11 is 0. The van der Waals surface area contributed by atoms with Gasteiger partial charge in [0.1, 0.15) is 11.3 Å². The highest BCUT2D eigenvalue weighted by molar-refractivity contribution is 5.92. The molecule has 0 saturated carbocycles. The van der Waals surface area contributed by atoms with Crippen molar-refractivity contribution in [2.45, 2.75) is 46.0 Å². The van der Waals surface area contributed by atoms with Gasteiger partial charge in [-0.2, -0.15) is 0 Å². The van der Waals surface area contributed by atoms with Crippen LogP contribution in [0, 0.1) is 6.92 Å². The van der Waals surface area contributed by atoms with Crippen LogP contribution in [0.1, 0.15) is 54.2 Å². The summed E-state index contributed by atoms with van der Waals surface area (Å²) in [6.07, 6.45) is 0.440. The molecular formula is C25H26O6. The van der Waals surface area contributed by atoms with Gasteiger partial charge in [-0.05, 0) is 53.6 Å². The second kappa shape index (κ2) is 8.76. The lowest BCUT2D eigenvalue weighted by Crippen LogP contribution is -2.13. The molecule has 6 nitrogen and oxygen atoms in total. The van der Waals surface area contributed by atoms with E-state index in [-0.39, 0.29) is 23.6 Å². The van der Waals surface area contributed by atoms with E-state index >= 15 is 0 Å². The van der Waals surface area contributed by atoms with E-state index in [4.69, 9.17) is 13.9 Å². The third-order valence-corrected chi connectivity index (χ3v) is 5.15. The minimum Gasteiger partial charge on any atom is -0.469 e. The zero-order valence-electron chi connectivity index (χ0n) is 18.4. The molecular weight excluding hydrogens is 396 g/mol. The quantitative estimate of drug-likeness (QED) is 0.336. The highest BCUT2D eigenvalue weighted by Crippen LogP contribution is 2.29. The molecule has 0 aliphatic heterocycles. The predicted octanol–water partition coefficient (Wildman–Crippen LogP) is 4.72. The van der Waals surface area contributed by atoms with E-state index in [9.17, 15) is 14.4 Å². The van der Waals surface area contributed by atoms with Gasteiger partial charge in [0.2, 0.25) is 0 Å². The van der Waals surface area contributed by atoms with Crippen molar-refractivity contribution >= 4 is 22.9 Å². The van der Waals surface area contributed by atoms with E-state index in [0.717, 1.165) is 11.1 Å². The van der Waals surface area contributed by atoms with Gasteiger partial charge in [0, 0.05) is 23.9 Å². The second-order valence-electron chi connectivity index (χ2n) is 8.50. The fourth-order valence-electron chi connectivity index (χ4n) is 3.29. The zero-order chi connectivity index (χ0) is 22.8. The number of carbonyl (C=O) groups is 2. The first-order valence-electron chi connectivity index (χ1n) is 10.1. The first kappa shape index (κ1) is 22.3. The van der Waals surface area contributed by atoms with E-state index in [0.29, 0.717) is 28.5 Å². The molecule has 162 valence electrons. The first-order chi connectivity index (χ1) is 14.6. The van der Waals surface area contributed by atoms with Crippen molar-refractivity contribution < 1.29 is 23.5 Å². The van der Waals surface area contributed by atoms with Crippen LogP contribution >= 0.6 is 0 Å². The molecule has 3 rings (SSSR count). The Morgan fingerprint density at radius 2 is 1.71 bits per heavy atom. The molecule has 0 N–H and O–H groups in total. The molecule has 31 heavy (non-hydrogen) atoms. The Balaban J connectivity index is 1.97. The lowest BCUT2D eigenvalue weighted by atomic mass is 9.87. The fraction of sp³-hybridized carbons (Fsp3) is 0.320. The molecule has 1 aromatic heterocycles. The molecule has 2 aromatic carbocycles. The first-order valence-corrected chi connectivity index (χ1v) is 10.1. The van der Waals surface area contributed by atoms with Crippen molar-refractivity contribution in [2.24, 2.45) is 0 Å². The van der Waals surface area contributed by atoms with Crippen molar-refractivity contribution in [2.75, 3.05) is 7.11 Å². The Kier molecular flexibility index (Phi) is 6.29. The monoisotopic (exact) mass is 422 g/mol. The van der Waals surface area contributed by atoms with Gasteiger partial charge >= 0.3 is 17.6 Å². The molecule has 1 heterocycles. The molecule has 3 aromatic rings. The van der Waals surface area contributed by atoms with Crippen LogP contribution in [0.5, 0.6) is 5.75 Å². The van der Waals surface area contributed by atoms with Gasteiger partial charge in [0.15, 0.2) is 0 Å². The second-order valence-corrected chi connectivity index (χ2v) is 8.50. The molecule has 0 saturated heterocycles. The van der Waals surface area contributed by atoms with Gasteiger partial charge in [-0.3, -0.25) is 4.79 Å². The van der Waals surface area contributed by atoms with Crippen molar-refractivity contribution in [3.05, 3.63) is 75.1 Å². The maximum atomic E-state index is 12.8. The van der Waals surface area contributed by atoms with Gasteiger partial charge in [-0.1, -0.05) is 32.9 Å². The summed E-state index contributed by atoms with van der Waals surface area (Å²) in [6.45, 7) is 8.09. The Morgan fingerprint density at radius 3 is 2.32 bits per heavy atom. The average molecular weight is 422 g/mol. The van der Waals surface area contributed by atoms with Crippen LogP contribution in [-0.2, 0) is 21.4 Å². The van der Waals surface area contributed by atoms with Gasteiger partial charge < -0.3 is 13.9 Å². The summed E-state index contributed by atoms with van der Waals surface area (Å²) in [5.41, 5.74) is 2.69. The fourth-order valence-corrected chi connectivity index (χ4v) is 3.29. The van der Waals surface area contributed by atoms with E-state index in [1.807, 2.05) is 12.1 Å². The van der Waals surface area contributed by atoms with Crippen LogP contribution in [0.15, 0.2) is 51.7 Å². The number of benzene rings is 2. The molecule has 0 spiro atoms. The Bertz CT molecular complexity index is 1180. The molecule has 6 heteroatoms. The maximum Gasteiger partial charge on any atom is 0.343 e. The summed E-state index contributed by atoms with van der Waals surface area (Å²) in [6, 6.07) is 12.0. The van der Waals surface area contributed by atoms with Crippen LogP contribution < -0.4 is 10.4 Å². The number of rotatable bonds is 5. The number of methoxy groups -OCH3 is 1. The highest BCUT2D eigenvalue weighted by Gasteiger charge is 2.18. The standard InChI is InChI=1S/C25H26O6/c1-15-12-23(27)30-21-14-20(17(13-19(15)21)8-11-22(26)29-5)31-24(28)16-6-9-18(10-7-16)25(2,3)4/h6-7,9-10,12-14H,8,11H2,1-5H3. The lowest BCUT2D eigenvalue weighted by Gasteiger charge is -2.19. The van der Waals surface area contributed by atoms with Gasteiger partial charge in [0.25, 0.3) is 0 Å². The summed E-state index contributed by atoms with van der Waals surface area (Å²) < 4.78 is 15.7. The number of ether oxygens (including phenoxy) is 2. The Morgan fingerprint density at radius 1 is 1.03 bits per heavy atom. The van der Waals surface area contributed by atoms with Crippen molar-refractivity contribution in [1.29, 1.82) is 0 Å². The van der Waals surface area contributed by atoms with Crippen LogP contribution in [0.2, 0.25) is 0 Å². The average Bonchev–Trinajstić information content (AvgIpc) is 2.71. The highest BCUT2D eigenvalue weighted by atomic mass is 16.5. The number of hydrogen-bond donors (Lipinski definition) is 0.